The summed E-state index contributed by atoms with van der Waals surface area (Å²) in [6.07, 6.45) is 6.45. The van der Waals surface area contributed by atoms with E-state index in [4.69, 9.17) is 17.0 Å². The smallest absolute Gasteiger partial charge is 0.203 e. The molecule has 3 N–H and O–H groups in total. The van der Waals surface area contributed by atoms with Gasteiger partial charge in [-0.15, -0.1) is 11.3 Å². The minimum absolute atomic E-state index is 0.0124. The molecular formula is C24H27NO3S2. The molecule has 0 spiro atoms. The number of aromatic amines is 1. The zero-order valence-corrected chi connectivity index (χ0v) is 19.0. The fourth-order valence-corrected chi connectivity index (χ4v) is 5.66. The van der Waals surface area contributed by atoms with Crippen LogP contribution in [0.4, 0.5) is 0 Å². The van der Waals surface area contributed by atoms with Gasteiger partial charge in [-0.05, 0) is 71.4 Å². The molecule has 0 aliphatic heterocycles. The zero-order valence-electron chi connectivity index (χ0n) is 17.3. The first-order valence-corrected chi connectivity index (χ1v) is 11.5. The lowest BCUT2D eigenvalue weighted by Gasteiger charge is -2.35. The molecule has 3 aromatic rings. The van der Waals surface area contributed by atoms with Crippen molar-refractivity contribution in [1.82, 2.24) is 4.98 Å². The van der Waals surface area contributed by atoms with Crippen molar-refractivity contribution in [2.75, 3.05) is 7.11 Å². The molecule has 0 unspecified atom stereocenters. The molecule has 1 saturated carbocycles. The molecule has 0 bridgehead atoms. The van der Waals surface area contributed by atoms with Crippen molar-refractivity contribution in [1.29, 1.82) is 0 Å². The quantitative estimate of drug-likeness (QED) is 0.385. The summed E-state index contributed by atoms with van der Waals surface area (Å²) in [6, 6.07) is 12.0. The third-order valence-corrected chi connectivity index (χ3v) is 7.43. The Balaban J connectivity index is 1.74. The van der Waals surface area contributed by atoms with Crippen LogP contribution in [-0.4, -0.2) is 22.3 Å². The van der Waals surface area contributed by atoms with Crippen molar-refractivity contribution in [3.8, 4) is 28.5 Å². The largest absolute Gasteiger partial charge is 0.508 e. The van der Waals surface area contributed by atoms with Gasteiger partial charge >= 0.3 is 0 Å². The molecule has 0 saturated heterocycles. The number of rotatable bonds is 5. The molecule has 1 aliphatic carbocycles. The number of thiazole rings is 1. The number of hydrogen-bond acceptors (Lipinski definition) is 5. The second-order valence-corrected chi connectivity index (χ2v) is 10.2. The number of benzene rings is 2. The highest BCUT2D eigenvalue weighted by molar-refractivity contribution is 7.73. The van der Waals surface area contributed by atoms with Gasteiger partial charge in [0.15, 0.2) is 3.95 Å². The standard InChI is InChI=1S/C24H27NO3S2/c1-24(8-4-3-5-9-24)19-14-16(6-7-20(19)26)17-10-15(11-18(13-17)28-2)12-21-22(27)25-23(29)30-21/h6-7,10-11,13-14,26-27H,3-5,8-9,12H2,1-2H3,(H,25,29). The molecule has 2 aromatic carbocycles. The van der Waals surface area contributed by atoms with Crippen LogP contribution in [0.25, 0.3) is 11.1 Å². The number of hydrogen-bond donors (Lipinski definition) is 3. The van der Waals surface area contributed by atoms with Crippen LogP contribution < -0.4 is 4.74 Å². The van der Waals surface area contributed by atoms with E-state index in [1.54, 1.807) is 7.11 Å². The SMILES string of the molecule is COc1cc(Cc2sc(=S)[nH]c2O)cc(-c2ccc(O)c(C3(C)CCCCC3)c2)c1. The van der Waals surface area contributed by atoms with E-state index in [1.807, 2.05) is 24.3 Å². The number of nitrogens with one attached hydrogen (secondary N) is 1. The topological polar surface area (TPSA) is 65.5 Å². The van der Waals surface area contributed by atoms with Gasteiger partial charge in [-0.25, -0.2) is 0 Å². The van der Waals surface area contributed by atoms with Crippen molar-refractivity contribution in [2.24, 2.45) is 0 Å². The lowest BCUT2D eigenvalue weighted by molar-refractivity contribution is 0.308. The Morgan fingerprint density at radius 2 is 1.83 bits per heavy atom. The summed E-state index contributed by atoms with van der Waals surface area (Å²) in [6.45, 7) is 2.27. The van der Waals surface area contributed by atoms with Crippen molar-refractivity contribution < 1.29 is 14.9 Å². The summed E-state index contributed by atoms with van der Waals surface area (Å²) in [5, 5.41) is 20.7. The Labute approximate surface area is 186 Å². The first-order chi connectivity index (χ1) is 14.4. The average molecular weight is 442 g/mol. The van der Waals surface area contributed by atoms with Crippen LogP contribution >= 0.6 is 23.6 Å². The second kappa shape index (κ2) is 8.44. The van der Waals surface area contributed by atoms with E-state index in [-0.39, 0.29) is 11.3 Å². The number of phenolic OH excluding ortho intramolecular Hbond substituents is 1. The first-order valence-electron chi connectivity index (χ1n) is 10.3. The van der Waals surface area contributed by atoms with Gasteiger partial charge in [0, 0.05) is 12.0 Å². The van der Waals surface area contributed by atoms with Crippen molar-refractivity contribution >= 4 is 23.6 Å². The number of H-pyrrole nitrogens is 1. The van der Waals surface area contributed by atoms with Crippen LogP contribution in [-0.2, 0) is 11.8 Å². The molecule has 4 nitrogen and oxygen atoms in total. The fraction of sp³-hybridized carbons (Fsp3) is 0.375. The lowest BCUT2D eigenvalue weighted by atomic mass is 9.70. The van der Waals surface area contributed by atoms with Crippen molar-refractivity contribution in [3.63, 3.8) is 0 Å². The number of aromatic nitrogens is 1. The van der Waals surface area contributed by atoms with Crippen molar-refractivity contribution in [3.05, 3.63) is 56.4 Å². The number of ether oxygens (including phenoxy) is 1. The molecular weight excluding hydrogens is 414 g/mol. The minimum atomic E-state index is 0.0124. The fourth-order valence-electron chi connectivity index (χ4n) is 4.51. The lowest BCUT2D eigenvalue weighted by Crippen LogP contribution is -2.25. The highest BCUT2D eigenvalue weighted by Crippen LogP contribution is 2.44. The number of phenols is 1. The van der Waals surface area contributed by atoms with E-state index >= 15 is 0 Å². The van der Waals surface area contributed by atoms with Crippen LogP contribution in [0.15, 0.2) is 36.4 Å². The third kappa shape index (κ3) is 4.25. The van der Waals surface area contributed by atoms with E-state index in [9.17, 15) is 10.2 Å². The summed E-state index contributed by atoms with van der Waals surface area (Å²) >= 11 is 6.52. The van der Waals surface area contributed by atoms with E-state index in [0.29, 0.717) is 16.1 Å². The van der Waals surface area contributed by atoms with E-state index < -0.39 is 0 Å². The number of methoxy groups -OCH3 is 1. The molecule has 158 valence electrons. The van der Waals surface area contributed by atoms with Gasteiger partial charge in [-0.2, -0.15) is 0 Å². The maximum absolute atomic E-state index is 10.6. The Morgan fingerprint density at radius 3 is 2.50 bits per heavy atom. The molecule has 4 rings (SSSR count). The molecule has 6 heteroatoms. The summed E-state index contributed by atoms with van der Waals surface area (Å²) in [7, 11) is 1.66. The minimum Gasteiger partial charge on any atom is -0.508 e. The molecule has 1 fully saturated rings. The second-order valence-electron chi connectivity index (χ2n) is 8.39. The zero-order chi connectivity index (χ0) is 21.3. The van der Waals surface area contributed by atoms with Gasteiger partial charge in [0.1, 0.15) is 11.5 Å². The van der Waals surface area contributed by atoms with E-state index in [1.165, 1.54) is 30.6 Å². The van der Waals surface area contributed by atoms with Gasteiger partial charge in [0.25, 0.3) is 0 Å². The van der Waals surface area contributed by atoms with Crippen LogP contribution in [0.3, 0.4) is 0 Å². The Morgan fingerprint density at radius 1 is 1.07 bits per heavy atom. The van der Waals surface area contributed by atoms with Gasteiger partial charge in [0.2, 0.25) is 5.88 Å². The summed E-state index contributed by atoms with van der Waals surface area (Å²) in [4.78, 5) is 3.59. The van der Waals surface area contributed by atoms with Gasteiger partial charge in [-0.1, -0.05) is 38.3 Å². The first kappa shape index (κ1) is 20.9. The number of aromatic hydroxyl groups is 2. The molecule has 1 heterocycles. The van der Waals surface area contributed by atoms with Gasteiger partial charge < -0.3 is 19.9 Å². The molecule has 1 aliphatic rings. The molecule has 30 heavy (non-hydrogen) atoms. The van der Waals surface area contributed by atoms with Crippen molar-refractivity contribution in [2.45, 2.75) is 50.9 Å². The van der Waals surface area contributed by atoms with Gasteiger partial charge in [0.05, 0.1) is 12.0 Å². The maximum atomic E-state index is 10.6. The monoisotopic (exact) mass is 441 g/mol. The summed E-state index contributed by atoms with van der Waals surface area (Å²) in [5.74, 6) is 1.27. The van der Waals surface area contributed by atoms with Gasteiger partial charge in [-0.3, -0.25) is 0 Å². The summed E-state index contributed by atoms with van der Waals surface area (Å²) in [5.41, 5.74) is 4.16. The van der Waals surface area contributed by atoms with Crippen LogP contribution in [0.2, 0.25) is 0 Å². The highest BCUT2D eigenvalue weighted by Gasteiger charge is 2.31. The average Bonchev–Trinajstić information content (AvgIpc) is 3.05. The van der Waals surface area contributed by atoms with E-state index in [0.717, 1.165) is 45.7 Å². The van der Waals surface area contributed by atoms with Crippen LogP contribution in [0.1, 0.15) is 55.0 Å². The Bertz CT molecular complexity index is 1110. The van der Waals surface area contributed by atoms with Crippen LogP contribution in [0, 0.1) is 3.95 Å². The Hall–Kier alpha value is -2.31. The van der Waals surface area contributed by atoms with Crippen LogP contribution in [0.5, 0.6) is 17.4 Å². The maximum Gasteiger partial charge on any atom is 0.203 e. The molecule has 1 aromatic heterocycles. The predicted molar refractivity (Wildman–Crippen MR) is 125 cm³/mol. The van der Waals surface area contributed by atoms with E-state index in [2.05, 4.69) is 24.0 Å². The Kier molecular flexibility index (Phi) is 5.89. The molecule has 0 radical (unpaired) electrons. The molecule has 0 amide bonds. The highest BCUT2D eigenvalue weighted by atomic mass is 32.1. The predicted octanol–water partition coefficient (Wildman–Crippen LogP) is 6.71. The summed E-state index contributed by atoms with van der Waals surface area (Å²) < 4.78 is 6.11. The molecule has 0 atom stereocenters. The normalized spacial score (nSPS) is 15.8. The third-order valence-electron chi connectivity index (χ3n) is 6.20.